The fourth-order valence-corrected chi connectivity index (χ4v) is 3.57. The van der Waals surface area contributed by atoms with E-state index in [1.165, 1.54) is 31.2 Å². The minimum absolute atomic E-state index is 0.219. The van der Waals surface area contributed by atoms with Gasteiger partial charge < -0.3 is 14.5 Å². The van der Waals surface area contributed by atoms with Crippen LogP contribution in [0.4, 0.5) is 0 Å². The Hall–Kier alpha value is -0.800. The molecule has 3 nitrogen and oxygen atoms in total. The van der Waals surface area contributed by atoms with Crippen molar-refractivity contribution >= 4 is 0 Å². The van der Waals surface area contributed by atoms with E-state index in [0.717, 1.165) is 18.8 Å². The first-order valence-corrected chi connectivity index (χ1v) is 7.09. The molecule has 18 heavy (non-hydrogen) atoms. The summed E-state index contributed by atoms with van der Waals surface area (Å²) in [5, 5.41) is 3.47. The lowest BCUT2D eigenvalue weighted by molar-refractivity contribution is -0.147. The molecule has 2 fully saturated rings. The summed E-state index contributed by atoms with van der Waals surface area (Å²) < 4.78 is 11.5. The Balaban J connectivity index is 1.75. The molecule has 1 saturated carbocycles. The monoisotopic (exact) mass is 249 g/mol. The van der Waals surface area contributed by atoms with Gasteiger partial charge in [-0.05, 0) is 58.1 Å². The lowest BCUT2D eigenvalue weighted by Crippen LogP contribution is -2.47. The zero-order chi connectivity index (χ0) is 12.6. The molecule has 1 aliphatic heterocycles. The van der Waals surface area contributed by atoms with Crippen LogP contribution in [0.3, 0.4) is 0 Å². The van der Waals surface area contributed by atoms with E-state index in [-0.39, 0.29) is 5.60 Å². The summed E-state index contributed by atoms with van der Waals surface area (Å²) in [4.78, 5) is 0. The maximum absolute atomic E-state index is 6.02. The van der Waals surface area contributed by atoms with Gasteiger partial charge >= 0.3 is 0 Å². The second-order valence-corrected chi connectivity index (χ2v) is 5.89. The molecule has 0 radical (unpaired) electrons. The summed E-state index contributed by atoms with van der Waals surface area (Å²) in [5.41, 5.74) is 1.51. The molecule has 0 aromatic carbocycles. The lowest BCUT2D eigenvalue weighted by Gasteiger charge is -2.48. The number of rotatable bonds is 3. The molecule has 1 aromatic heterocycles. The molecular formula is C15H23NO2. The van der Waals surface area contributed by atoms with Crippen LogP contribution in [0.2, 0.25) is 0 Å². The number of hydrogen-bond acceptors (Lipinski definition) is 3. The molecule has 100 valence electrons. The smallest absolute Gasteiger partial charge is 0.101 e. The van der Waals surface area contributed by atoms with E-state index >= 15 is 0 Å². The van der Waals surface area contributed by atoms with E-state index in [9.17, 15) is 0 Å². The second-order valence-electron chi connectivity index (χ2n) is 5.89. The summed E-state index contributed by atoms with van der Waals surface area (Å²) >= 11 is 0. The van der Waals surface area contributed by atoms with Crippen molar-refractivity contribution in [2.75, 3.05) is 13.7 Å². The van der Waals surface area contributed by atoms with Crippen molar-refractivity contribution in [3.63, 3.8) is 0 Å². The first kappa shape index (κ1) is 12.2. The third-order valence-corrected chi connectivity index (χ3v) is 4.69. The van der Waals surface area contributed by atoms with Crippen molar-refractivity contribution in [1.29, 1.82) is 0 Å². The zero-order valence-corrected chi connectivity index (χ0v) is 11.4. The molecule has 2 unspecified atom stereocenters. The van der Waals surface area contributed by atoms with Crippen molar-refractivity contribution in [1.82, 2.24) is 5.32 Å². The highest BCUT2D eigenvalue weighted by Crippen LogP contribution is 2.47. The number of hydrogen-bond donors (Lipinski definition) is 1. The molecular weight excluding hydrogens is 226 g/mol. The van der Waals surface area contributed by atoms with E-state index in [1.54, 1.807) is 0 Å². The van der Waals surface area contributed by atoms with Crippen molar-refractivity contribution in [3.05, 3.63) is 23.7 Å². The largest absolute Gasteiger partial charge is 0.469 e. The van der Waals surface area contributed by atoms with Gasteiger partial charge in [0.05, 0.1) is 11.9 Å². The van der Waals surface area contributed by atoms with E-state index in [0.29, 0.717) is 12.0 Å². The fourth-order valence-electron chi connectivity index (χ4n) is 3.57. The molecule has 0 amide bonds. The van der Waals surface area contributed by atoms with Gasteiger partial charge in [-0.15, -0.1) is 0 Å². The van der Waals surface area contributed by atoms with Crippen molar-refractivity contribution < 1.29 is 9.15 Å². The van der Waals surface area contributed by atoms with Crippen LogP contribution in [0.15, 0.2) is 16.7 Å². The first-order chi connectivity index (χ1) is 8.72. The summed E-state index contributed by atoms with van der Waals surface area (Å²) in [5.74, 6) is 1.66. The standard InChI is InChI=1S/C15H23NO2/c1-11-8-13(10-17-11)14(16-2)12-4-7-18-15(9-12)5-3-6-15/h8,10,12,14,16H,3-7,9H2,1-2H3. The van der Waals surface area contributed by atoms with Gasteiger partial charge in [0.1, 0.15) is 5.76 Å². The van der Waals surface area contributed by atoms with Gasteiger partial charge in [0.15, 0.2) is 0 Å². The third kappa shape index (κ3) is 2.10. The first-order valence-electron chi connectivity index (χ1n) is 7.09. The number of furan rings is 1. The summed E-state index contributed by atoms with van der Waals surface area (Å²) in [7, 11) is 2.05. The Morgan fingerprint density at radius 1 is 1.44 bits per heavy atom. The van der Waals surface area contributed by atoms with Crippen molar-refractivity contribution in [2.45, 2.75) is 50.7 Å². The average molecular weight is 249 g/mol. The second kappa shape index (κ2) is 4.71. The van der Waals surface area contributed by atoms with Crippen LogP contribution in [-0.4, -0.2) is 19.3 Å². The van der Waals surface area contributed by atoms with Crippen LogP contribution in [-0.2, 0) is 4.74 Å². The minimum Gasteiger partial charge on any atom is -0.469 e. The summed E-state index contributed by atoms with van der Waals surface area (Å²) in [6.07, 6.45) is 8.09. The Morgan fingerprint density at radius 2 is 2.28 bits per heavy atom. The molecule has 1 saturated heterocycles. The van der Waals surface area contributed by atoms with Gasteiger partial charge in [-0.2, -0.15) is 0 Å². The predicted molar refractivity (Wildman–Crippen MR) is 70.5 cm³/mol. The van der Waals surface area contributed by atoms with Crippen LogP contribution in [0.1, 0.15) is 49.5 Å². The van der Waals surface area contributed by atoms with E-state index in [1.807, 2.05) is 13.2 Å². The molecule has 1 aliphatic carbocycles. The maximum Gasteiger partial charge on any atom is 0.101 e. The van der Waals surface area contributed by atoms with Crippen LogP contribution >= 0.6 is 0 Å². The van der Waals surface area contributed by atoms with Crippen LogP contribution in [0.5, 0.6) is 0 Å². The van der Waals surface area contributed by atoms with E-state index < -0.39 is 0 Å². The Labute approximate surface area is 109 Å². The molecule has 2 atom stereocenters. The summed E-state index contributed by atoms with van der Waals surface area (Å²) in [6, 6.07) is 2.56. The van der Waals surface area contributed by atoms with Gasteiger partial charge in [-0.1, -0.05) is 0 Å². The topological polar surface area (TPSA) is 34.4 Å². The zero-order valence-electron chi connectivity index (χ0n) is 11.4. The summed E-state index contributed by atoms with van der Waals surface area (Å²) in [6.45, 7) is 2.92. The molecule has 3 heteroatoms. The Kier molecular flexibility index (Phi) is 3.20. The van der Waals surface area contributed by atoms with Crippen LogP contribution in [0.25, 0.3) is 0 Å². The lowest BCUT2D eigenvalue weighted by atomic mass is 9.70. The van der Waals surface area contributed by atoms with Gasteiger partial charge in [0.2, 0.25) is 0 Å². The predicted octanol–water partition coefficient (Wildman–Crippen LogP) is 3.20. The SMILES string of the molecule is CNC(c1coc(C)c1)C1CCOC2(CCC2)C1. The highest BCUT2D eigenvalue weighted by atomic mass is 16.5. The highest BCUT2D eigenvalue weighted by molar-refractivity contribution is 5.18. The van der Waals surface area contributed by atoms with Gasteiger partial charge in [-0.25, -0.2) is 0 Å². The van der Waals surface area contributed by atoms with Crippen molar-refractivity contribution in [2.24, 2.45) is 5.92 Å². The number of ether oxygens (including phenoxy) is 1. The minimum atomic E-state index is 0.219. The van der Waals surface area contributed by atoms with Crippen LogP contribution in [0, 0.1) is 12.8 Å². The molecule has 3 rings (SSSR count). The van der Waals surface area contributed by atoms with E-state index in [2.05, 4.69) is 18.4 Å². The molecule has 1 N–H and O–H groups in total. The quantitative estimate of drug-likeness (QED) is 0.893. The van der Waals surface area contributed by atoms with Gasteiger partial charge in [-0.3, -0.25) is 0 Å². The number of aryl methyl sites for hydroxylation is 1. The fraction of sp³-hybridized carbons (Fsp3) is 0.733. The maximum atomic E-state index is 6.02. The third-order valence-electron chi connectivity index (χ3n) is 4.69. The average Bonchev–Trinajstić information content (AvgIpc) is 2.75. The van der Waals surface area contributed by atoms with E-state index in [4.69, 9.17) is 9.15 Å². The van der Waals surface area contributed by atoms with Crippen LogP contribution < -0.4 is 5.32 Å². The number of nitrogens with one attached hydrogen (secondary N) is 1. The molecule has 2 aliphatic rings. The highest BCUT2D eigenvalue weighted by Gasteiger charge is 2.44. The van der Waals surface area contributed by atoms with Gasteiger partial charge in [0, 0.05) is 18.2 Å². The van der Waals surface area contributed by atoms with Crippen molar-refractivity contribution in [3.8, 4) is 0 Å². The molecule has 1 aromatic rings. The molecule has 0 bridgehead atoms. The molecule has 2 heterocycles. The molecule has 1 spiro atoms. The van der Waals surface area contributed by atoms with Gasteiger partial charge in [0.25, 0.3) is 0 Å². The Bertz CT molecular complexity index is 408. The Morgan fingerprint density at radius 3 is 2.83 bits per heavy atom. The normalized spacial score (nSPS) is 28.0.